The maximum atomic E-state index is 13.4. The maximum Gasteiger partial charge on any atom is 0.220 e. The fourth-order valence-electron chi connectivity index (χ4n) is 3.10. The molecule has 6 heteroatoms. The zero-order valence-electron chi connectivity index (χ0n) is 15.5. The Morgan fingerprint density at radius 2 is 1.96 bits per heavy atom. The summed E-state index contributed by atoms with van der Waals surface area (Å²) in [4.78, 5) is 18.8. The first-order chi connectivity index (χ1) is 13.2. The van der Waals surface area contributed by atoms with Gasteiger partial charge in [-0.25, -0.2) is 9.37 Å². The van der Waals surface area contributed by atoms with Crippen molar-refractivity contribution in [1.82, 2.24) is 10.3 Å². The molecule has 0 spiro atoms. The minimum absolute atomic E-state index is 0.0489. The van der Waals surface area contributed by atoms with Crippen LogP contribution in [0.25, 0.3) is 0 Å². The number of pyridine rings is 1. The fourth-order valence-corrected chi connectivity index (χ4v) is 3.10. The van der Waals surface area contributed by atoms with Crippen LogP contribution in [0.5, 0.6) is 5.75 Å². The Balaban J connectivity index is 1.34. The van der Waals surface area contributed by atoms with E-state index >= 15 is 0 Å². The third-order valence-electron chi connectivity index (χ3n) is 4.62. The van der Waals surface area contributed by atoms with Crippen LogP contribution < -0.4 is 15.0 Å². The van der Waals surface area contributed by atoms with E-state index in [1.165, 1.54) is 25.3 Å². The zero-order chi connectivity index (χ0) is 18.9. The summed E-state index contributed by atoms with van der Waals surface area (Å²) in [5, 5.41) is 2.89. The van der Waals surface area contributed by atoms with Crippen molar-refractivity contribution in [2.75, 3.05) is 24.6 Å². The van der Waals surface area contributed by atoms with E-state index in [4.69, 9.17) is 4.74 Å². The van der Waals surface area contributed by atoms with Gasteiger partial charge in [0, 0.05) is 32.3 Å². The monoisotopic (exact) mass is 371 g/mol. The van der Waals surface area contributed by atoms with Crippen molar-refractivity contribution in [3.63, 3.8) is 0 Å². The van der Waals surface area contributed by atoms with Crippen molar-refractivity contribution in [3.8, 4) is 5.75 Å². The number of nitrogens with zero attached hydrogens (tertiary/aromatic N) is 2. The number of rotatable bonds is 8. The molecule has 1 saturated heterocycles. The maximum absolute atomic E-state index is 13.4. The Labute approximate surface area is 159 Å². The predicted octanol–water partition coefficient (Wildman–Crippen LogP) is 3.69. The van der Waals surface area contributed by atoms with Crippen molar-refractivity contribution < 1.29 is 13.9 Å². The highest BCUT2D eigenvalue weighted by molar-refractivity contribution is 5.75. The van der Waals surface area contributed by atoms with E-state index in [1.54, 1.807) is 18.2 Å². The summed E-state index contributed by atoms with van der Waals surface area (Å²) in [5.41, 5.74) is 0.978. The second-order valence-electron chi connectivity index (χ2n) is 6.73. The normalized spacial score (nSPS) is 14.0. The van der Waals surface area contributed by atoms with Gasteiger partial charge in [-0.2, -0.15) is 0 Å². The Hall–Kier alpha value is -2.63. The molecule has 1 aliphatic heterocycles. The molecule has 0 bridgehead atoms. The number of para-hydroxylation sites is 1. The molecular weight excluding hydrogens is 345 g/mol. The predicted molar refractivity (Wildman–Crippen MR) is 103 cm³/mol. The van der Waals surface area contributed by atoms with Crippen LogP contribution in [-0.4, -0.2) is 30.6 Å². The van der Waals surface area contributed by atoms with Crippen molar-refractivity contribution in [2.24, 2.45) is 0 Å². The Kier molecular flexibility index (Phi) is 7.02. The topological polar surface area (TPSA) is 54.5 Å². The molecule has 1 N–H and O–H groups in total. The summed E-state index contributed by atoms with van der Waals surface area (Å²) in [6, 6.07) is 10.3. The molecule has 144 valence electrons. The number of ether oxygens (including phenoxy) is 1. The van der Waals surface area contributed by atoms with Crippen LogP contribution in [0.15, 0.2) is 42.6 Å². The highest BCUT2D eigenvalue weighted by Crippen LogP contribution is 2.18. The third kappa shape index (κ3) is 5.94. The van der Waals surface area contributed by atoms with Crippen molar-refractivity contribution in [2.45, 2.75) is 38.6 Å². The average Bonchev–Trinajstić information content (AvgIpc) is 2.72. The number of hydrogen-bond donors (Lipinski definition) is 1. The summed E-state index contributed by atoms with van der Waals surface area (Å²) in [6.07, 6.45) is 6.44. The van der Waals surface area contributed by atoms with Gasteiger partial charge < -0.3 is 15.0 Å². The minimum Gasteiger partial charge on any atom is -0.491 e. The average molecular weight is 371 g/mol. The fraction of sp³-hybridized carbons (Fsp3) is 0.429. The van der Waals surface area contributed by atoms with Gasteiger partial charge in [-0.05, 0) is 49.4 Å². The van der Waals surface area contributed by atoms with E-state index in [1.807, 2.05) is 18.3 Å². The van der Waals surface area contributed by atoms with E-state index < -0.39 is 0 Å². The standard InChI is InChI=1S/C21H26FN3O2/c22-18-7-2-3-8-19(18)27-14-6-9-21(26)24-16-17-10-11-20(23-15-17)25-12-4-1-5-13-25/h2-3,7-8,10-11,15H,1,4-6,9,12-14,16H2,(H,24,26). The molecule has 27 heavy (non-hydrogen) atoms. The van der Waals surface area contributed by atoms with E-state index in [9.17, 15) is 9.18 Å². The molecule has 5 nitrogen and oxygen atoms in total. The molecule has 1 aromatic carbocycles. The van der Waals surface area contributed by atoms with E-state index in [-0.39, 0.29) is 17.5 Å². The number of nitrogens with one attached hydrogen (secondary N) is 1. The van der Waals surface area contributed by atoms with Gasteiger partial charge in [0.15, 0.2) is 11.6 Å². The molecule has 0 aliphatic carbocycles. The van der Waals surface area contributed by atoms with Crippen LogP contribution in [0.2, 0.25) is 0 Å². The van der Waals surface area contributed by atoms with Crippen LogP contribution in [0, 0.1) is 5.82 Å². The zero-order valence-corrected chi connectivity index (χ0v) is 15.5. The molecule has 0 radical (unpaired) electrons. The Morgan fingerprint density at radius 3 is 2.70 bits per heavy atom. The van der Waals surface area contributed by atoms with Gasteiger partial charge in [-0.3, -0.25) is 4.79 Å². The van der Waals surface area contributed by atoms with Crippen LogP contribution in [0.1, 0.15) is 37.7 Å². The van der Waals surface area contributed by atoms with Gasteiger partial charge in [0.2, 0.25) is 5.91 Å². The lowest BCUT2D eigenvalue weighted by molar-refractivity contribution is -0.121. The van der Waals surface area contributed by atoms with E-state index in [0.29, 0.717) is 26.0 Å². The summed E-state index contributed by atoms with van der Waals surface area (Å²) >= 11 is 0. The number of amides is 1. The van der Waals surface area contributed by atoms with Crippen LogP contribution in [0.4, 0.5) is 10.2 Å². The van der Waals surface area contributed by atoms with Gasteiger partial charge >= 0.3 is 0 Å². The first-order valence-electron chi connectivity index (χ1n) is 9.56. The molecule has 1 aromatic heterocycles. The number of hydrogen-bond acceptors (Lipinski definition) is 4. The molecule has 1 aliphatic rings. The van der Waals surface area contributed by atoms with E-state index in [0.717, 1.165) is 24.5 Å². The highest BCUT2D eigenvalue weighted by Gasteiger charge is 2.11. The molecule has 1 amide bonds. The first-order valence-corrected chi connectivity index (χ1v) is 9.56. The van der Waals surface area contributed by atoms with Crippen molar-refractivity contribution >= 4 is 11.7 Å². The first kappa shape index (κ1) is 19.1. The second-order valence-corrected chi connectivity index (χ2v) is 6.73. The summed E-state index contributed by atoms with van der Waals surface area (Å²) in [7, 11) is 0. The molecule has 2 heterocycles. The van der Waals surface area contributed by atoms with Gasteiger partial charge in [0.1, 0.15) is 5.82 Å². The molecule has 0 unspecified atom stereocenters. The number of carbonyl (C=O) groups is 1. The smallest absolute Gasteiger partial charge is 0.220 e. The minimum atomic E-state index is -0.387. The van der Waals surface area contributed by atoms with Crippen molar-refractivity contribution in [1.29, 1.82) is 0 Å². The van der Waals surface area contributed by atoms with Crippen LogP contribution >= 0.6 is 0 Å². The highest BCUT2D eigenvalue weighted by atomic mass is 19.1. The lowest BCUT2D eigenvalue weighted by Gasteiger charge is -2.27. The number of anilines is 1. The Morgan fingerprint density at radius 1 is 1.15 bits per heavy atom. The van der Waals surface area contributed by atoms with Gasteiger partial charge in [0.25, 0.3) is 0 Å². The quantitative estimate of drug-likeness (QED) is 0.719. The number of benzene rings is 1. The molecule has 0 atom stereocenters. The van der Waals surface area contributed by atoms with Gasteiger partial charge in [0.05, 0.1) is 6.61 Å². The summed E-state index contributed by atoms with van der Waals surface area (Å²) in [6.45, 7) is 2.90. The SMILES string of the molecule is O=C(CCCOc1ccccc1F)NCc1ccc(N2CCCCC2)nc1. The second kappa shape index (κ2) is 9.90. The van der Waals surface area contributed by atoms with Crippen molar-refractivity contribution in [3.05, 3.63) is 54.0 Å². The van der Waals surface area contributed by atoms with Gasteiger partial charge in [-0.15, -0.1) is 0 Å². The van der Waals surface area contributed by atoms with Gasteiger partial charge in [-0.1, -0.05) is 18.2 Å². The number of halogens is 1. The third-order valence-corrected chi connectivity index (χ3v) is 4.62. The molecular formula is C21H26FN3O2. The number of piperidine rings is 1. The molecule has 2 aromatic rings. The lowest BCUT2D eigenvalue weighted by Crippen LogP contribution is -2.30. The largest absolute Gasteiger partial charge is 0.491 e. The van der Waals surface area contributed by atoms with Crippen LogP contribution in [-0.2, 0) is 11.3 Å². The summed E-state index contributed by atoms with van der Waals surface area (Å²) in [5.74, 6) is 0.794. The van der Waals surface area contributed by atoms with Crippen LogP contribution in [0.3, 0.4) is 0 Å². The summed E-state index contributed by atoms with van der Waals surface area (Å²) < 4.78 is 18.8. The van der Waals surface area contributed by atoms with E-state index in [2.05, 4.69) is 15.2 Å². The Bertz CT molecular complexity index is 730. The lowest BCUT2D eigenvalue weighted by atomic mass is 10.1. The molecule has 0 saturated carbocycles. The number of carbonyl (C=O) groups excluding carboxylic acids is 1. The molecule has 1 fully saturated rings. The number of aromatic nitrogens is 1. The molecule has 3 rings (SSSR count).